The number of fused-ring (bicyclic) bond motifs is 8. The van der Waals surface area contributed by atoms with E-state index in [1.807, 2.05) is 12.1 Å². The molecule has 4 nitrogen and oxygen atoms in total. The fraction of sp³-hybridized carbons (Fsp3) is 0.0500. The minimum atomic E-state index is 0.668. The normalized spacial score (nSPS) is 13.4. The van der Waals surface area contributed by atoms with Gasteiger partial charge in [0.25, 0.3) is 0 Å². The van der Waals surface area contributed by atoms with Gasteiger partial charge in [0, 0.05) is 34.0 Å². The number of quaternary nitrogens is 1. The zero-order valence-corrected chi connectivity index (χ0v) is 24.6. The first-order valence-electron chi connectivity index (χ1n) is 15.0. The summed E-state index contributed by atoms with van der Waals surface area (Å²) in [4.78, 5) is 10.5. The fourth-order valence-electron chi connectivity index (χ4n) is 7.07. The van der Waals surface area contributed by atoms with Crippen molar-refractivity contribution < 1.29 is 0 Å². The summed E-state index contributed by atoms with van der Waals surface area (Å²) in [7, 11) is 4.59. The summed E-state index contributed by atoms with van der Waals surface area (Å²) in [5.74, 6) is 0.668. The standard InChI is InChI=1S/C40H29N4/c1-44(2)37-22-21-26-13-9-10-18-29(26)39(37)32-23-36-31(24-38(32)44)30-19-11-12-20-35(30)43(36)40-41-33(27-14-5-3-6-15-27)25-34(42-40)28-16-7-4-8-17-28/h3-25H,1-2H3/q+1. The number of hydrogen-bond acceptors (Lipinski definition) is 2. The maximum Gasteiger partial charge on any atom is 0.235 e. The van der Waals surface area contributed by atoms with Crippen molar-refractivity contribution in [3.05, 3.63) is 140 Å². The van der Waals surface area contributed by atoms with Gasteiger partial charge in [-0.3, -0.25) is 9.05 Å². The molecule has 3 heterocycles. The second-order valence-electron chi connectivity index (χ2n) is 12.0. The lowest BCUT2D eigenvalue weighted by atomic mass is 9.97. The lowest BCUT2D eigenvalue weighted by Gasteiger charge is -2.25. The highest BCUT2D eigenvalue weighted by Crippen LogP contribution is 2.55. The predicted octanol–water partition coefficient (Wildman–Crippen LogP) is 9.94. The molecule has 1 aliphatic heterocycles. The summed E-state index contributed by atoms with van der Waals surface area (Å²) in [6.07, 6.45) is 0. The van der Waals surface area contributed by atoms with Gasteiger partial charge in [-0.2, -0.15) is 0 Å². The molecule has 0 unspecified atom stereocenters. The van der Waals surface area contributed by atoms with Gasteiger partial charge in [0.2, 0.25) is 5.95 Å². The quantitative estimate of drug-likeness (QED) is 0.200. The zero-order valence-electron chi connectivity index (χ0n) is 24.6. The molecule has 8 aromatic rings. The van der Waals surface area contributed by atoms with Crippen molar-refractivity contribution in [3.8, 4) is 39.6 Å². The number of rotatable bonds is 3. The average Bonchev–Trinajstić information content (AvgIpc) is 3.52. The maximum absolute atomic E-state index is 5.24. The summed E-state index contributed by atoms with van der Waals surface area (Å²) in [6.45, 7) is 0. The first-order chi connectivity index (χ1) is 21.6. The van der Waals surface area contributed by atoms with Crippen LogP contribution >= 0.6 is 0 Å². The molecule has 2 aromatic heterocycles. The fourth-order valence-corrected chi connectivity index (χ4v) is 7.07. The molecule has 0 amide bonds. The highest BCUT2D eigenvalue weighted by molar-refractivity contribution is 6.16. The van der Waals surface area contributed by atoms with Gasteiger partial charge in [0.1, 0.15) is 11.4 Å². The van der Waals surface area contributed by atoms with Crippen LogP contribution in [0, 0.1) is 0 Å². The molecular formula is C40H29N4+. The van der Waals surface area contributed by atoms with Gasteiger partial charge in [-0.05, 0) is 35.0 Å². The highest BCUT2D eigenvalue weighted by Gasteiger charge is 2.39. The number of aromatic nitrogens is 3. The van der Waals surface area contributed by atoms with E-state index in [0.29, 0.717) is 10.4 Å². The van der Waals surface area contributed by atoms with E-state index in [1.54, 1.807) is 0 Å². The van der Waals surface area contributed by atoms with E-state index < -0.39 is 0 Å². The number of hydrogen-bond donors (Lipinski definition) is 0. The van der Waals surface area contributed by atoms with Crippen molar-refractivity contribution in [2.45, 2.75) is 0 Å². The topological polar surface area (TPSA) is 30.7 Å². The third kappa shape index (κ3) is 3.55. The molecule has 6 aromatic carbocycles. The molecule has 0 bridgehead atoms. The third-order valence-electron chi connectivity index (χ3n) is 9.22. The molecule has 0 radical (unpaired) electrons. The van der Waals surface area contributed by atoms with E-state index in [1.165, 1.54) is 44.0 Å². The third-order valence-corrected chi connectivity index (χ3v) is 9.22. The van der Waals surface area contributed by atoms with E-state index in [4.69, 9.17) is 9.97 Å². The SMILES string of the molecule is C[N+]1(C)c2cc3c4ccccc4n(-c4nc(-c5ccccc5)cc(-c5ccccc5)n4)c3cc2-c2c1ccc1ccccc21. The van der Waals surface area contributed by atoms with Crippen LogP contribution in [0.25, 0.3) is 72.2 Å². The van der Waals surface area contributed by atoms with Crippen molar-refractivity contribution >= 4 is 44.0 Å². The van der Waals surface area contributed by atoms with Crippen LogP contribution in [0.2, 0.25) is 0 Å². The minimum absolute atomic E-state index is 0.668. The largest absolute Gasteiger partial charge is 0.278 e. The van der Waals surface area contributed by atoms with Crippen molar-refractivity contribution in [2.24, 2.45) is 0 Å². The average molecular weight is 566 g/mol. The van der Waals surface area contributed by atoms with Crippen LogP contribution in [0.15, 0.2) is 140 Å². The number of nitrogens with zero attached hydrogens (tertiary/aromatic N) is 4. The smallest absolute Gasteiger partial charge is 0.235 e. The maximum atomic E-state index is 5.24. The van der Waals surface area contributed by atoms with Crippen LogP contribution in [0.5, 0.6) is 0 Å². The molecule has 0 aliphatic carbocycles. The Labute approximate surface area is 255 Å². The van der Waals surface area contributed by atoms with Gasteiger partial charge in [-0.1, -0.05) is 103 Å². The van der Waals surface area contributed by atoms with Gasteiger partial charge in [-0.25, -0.2) is 9.97 Å². The molecular weight excluding hydrogens is 536 g/mol. The van der Waals surface area contributed by atoms with Gasteiger partial charge >= 0.3 is 0 Å². The van der Waals surface area contributed by atoms with Crippen LogP contribution in [0.1, 0.15) is 0 Å². The zero-order chi connectivity index (χ0) is 29.4. The van der Waals surface area contributed by atoms with E-state index in [2.05, 4.69) is 146 Å². The van der Waals surface area contributed by atoms with Crippen LogP contribution in [0.3, 0.4) is 0 Å². The molecule has 4 heteroatoms. The molecule has 0 saturated carbocycles. The van der Waals surface area contributed by atoms with Crippen LogP contribution < -0.4 is 4.48 Å². The molecule has 0 atom stereocenters. The summed E-state index contributed by atoms with van der Waals surface area (Å²) < 4.78 is 2.95. The Morgan fingerprint density at radius 1 is 0.500 bits per heavy atom. The minimum Gasteiger partial charge on any atom is -0.278 e. The van der Waals surface area contributed by atoms with Crippen molar-refractivity contribution in [1.82, 2.24) is 19.0 Å². The Hall–Kier alpha value is -5.58. The van der Waals surface area contributed by atoms with E-state index >= 15 is 0 Å². The number of benzene rings is 6. The van der Waals surface area contributed by atoms with Crippen LogP contribution in [-0.4, -0.2) is 28.6 Å². The van der Waals surface area contributed by atoms with Crippen molar-refractivity contribution in [3.63, 3.8) is 0 Å². The molecule has 1 aliphatic rings. The molecule has 0 fully saturated rings. The monoisotopic (exact) mass is 565 g/mol. The first-order valence-corrected chi connectivity index (χ1v) is 15.0. The molecule has 0 spiro atoms. The lowest BCUT2D eigenvalue weighted by molar-refractivity contribution is 0.569. The summed E-state index contributed by atoms with van der Waals surface area (Å²) in [5, 5.41) is 4.94. The Morgan fingerprint density at radius 3 is 1.82 bits per heavy atom. The van der Waals surface area contributed by atoms with Crippen molar-refractivity contribution in [1.29, 1.82) is 0 Å². The molecule has 208 valence electrons. The second kappa shape index (κ2) is 9.21. The first kappa shape index (κ1) is 25.0. The Morgan fingerprint density at radius 2 is 1.11 bits per heavy atom. The van der Waals surface area contributed by atoms with Gasteiger partial charge in [-0.15, -0.1) is 0 Å². The molecule has 0 saturated heterocycles. The van der Waals surface area contributed by atoms with Gasteiger partial charge in [0.05, 0.1) is 47.6 Å². The summed E-state index contributed by atoms with van der Waals surface area (Å²) >= 11 is 0. The summed E-state index contributed by atoms with van der Waals surface area (Å²) in [5.41, 5.74) is 11.3. The van der Waals surface area contributed by atoms with Gasteiger partial charge < -0.3 is 0 Å². The Kier molecular flexibility index (Phi) is 5.22. The molecule has 44 heavy (non-hydrogen) atoms. The van der Waals surface area contributed by atoms with Crippen LogP contribution in [-0.2, 0) is 0 Å². The van der Waals surface area contributed by atoms with Gasteiger partial charge in [0.15, 0.2) is 0 Å². The molecule has 0 N–H and O–H groups in total. The van der Waals surface area contributed by atoms with E-state index in [0.717, 1.165) is 33.5 Å². The predicted molar refractivity (Wildman–Crippen MR) is 183 cm³/mol. The van der Waals surface area contributed by atoms with Crippen LogP contribution in [0.4, 0.5) is 11.4 Å². The van der Waals surface area contributed by atoms with E-state index in [9.17, 15) is 0 Å². The van der Waals surface area contributed by atoms with Crippen molar-refractivity contribution in [2.75, 3.05) is 14.1 Å². The highest BCUT2D eigenvalue weighted by atomic mass is 15.3. The Balaban J connectivity index is 1.39. The summed E-state index contributed by atoms with van der Waals surface area (Å²) in [6, 6.07) is 49.6. The lowest BCUT2D eigenvalue weighted by Crippen LogP contribution is -2.31. The number of para-hydroxylation sites is 1. The van der Waals surface area contributed by atoms with E-state index in [-0.39, 0.29) is 0 Å². The molecule has 9 rings (SSSR count). The second-order valence-corrected chi connectivity index (χ2v) is 12.0. The Bertz CT molecular complexity index is 2350.